The Morgan fingerprint density at radius 1 is 0.963 bits per heavy atom. The molecular weight excluding hydrogens is 338 g/mol. The van der Waals surface area contributed by atoms with E-state index in [2.05, 4.69) is 27.7 Å². The van der Waals surface area contributed by atoms with E-state index in [1.165, 1.54) is 0 Å². The zero-order valence-corrected chi connectivity index (χ0v) is 16.5. The van der Waals surface area contributed by atoms with Gasteiger partial charge in [0.15, 0.2) is 5.78 Å². The summed E-state index contributed by atoms with van der Waals surface area (Å²) in [6.45, 7) is 8.40. The van der Waals surface area contributed by atoms with Crippen molar-refractivity contribution in [2.75, 3.05) is 0 Å². The summed E-state index contributed by atoms with van der Waals surface area (Å²) < 4.78 is 0. The second kappa shape index (κ2) is 5.88. The van der Waals surface area contributed by atoms with Crippen LogP contribution in [0.25, 0.3) is 0 Å². The molecule has 0 saturated heterocycles. The fourth-order valence-corrected chi connectivity index (χ4v) is 5.09. The number of benzene rings is 1. The average Bonchev–Trinajstić information content (AvgIpc) is 2.50. The summed E-state index contributed by atoms with van der Waals surface area (Å²) >= 11 is 0. The number of allylic oxidation sites excluding steroid dienone is 2. The van der Waals surface area contributed by atoms with Gasteiger partial charge in [0, 0.05) is 35.7 Å². The van der Waals surface area contributed by atoms with Crippen molar-refractivity contribution in [2.24, 2.45) is 21.7 Å². The van der Waals surface area contributed by atoms with E-state index >= 15 is 0 Å². The van der Waals surface area contributed by atoms with Gasteiger partial charge < -0.3 is 5.11 Å². The molecule has 1 aromatic carbocycles. The second-order valence-electron chi connectivity index (χ2n) is 9.94. The Morgan fingerprint density at radius 2 is 1.67 bits per heavy atom. The van der Waals surface area contributed by atoms with Gasteiger partial charge in [-0.25, -0.2) is 0 Å². The highest BCUT2D eigenvalue weighted by molar-refractivity contribution is 6.13. The predicted molar refractivity (Wildman–Crippen MR) is 105 cm³/mol. The van der Waals surface area contributed by atoms with Crippen LogP contribution in [0.2, 0.25) is 0 Å². The van der Waals surface area contributed by atoms with Gasteiger partial charge in [0.1, 0.15) is 11.5 Å². The van der Waals surface area contributed by atoms with Gasteiger partial charge in [0.25, 0.3) is 0 Å². The Hall–Kier alpha value is -2.23. The average molecular weight is 365 g/mol. The monoisotopic (exact) mass is 365 g/mol. The van der Waals surface area contributed by atoms with Crippen LogP contribution in [0.3, 0.4) is 0 Å². The molecule has 1 N–H and O–H groups in total. The van der Waals surface area contributed by atoms with Crippen LogP contribution in [0.5, 0.6) is 5.75 Å². The number of rotatable bonds is 1. The van der Waals surface area contributed by atoms with Crippen LogP contribution >= 0.6 is 0 Å². The van der Waals surface area contributed by atoms with Crippen LogP contribution in [0.1, 0.15) is 64.9 Å². The van der Waals surface area contributed by atoms with E-state index in [9.17, 15) is 14.7 Å². The molecule has 1 unspecified atom stereocenters. The van der Waals surface area contributed by atoms with E-state index < -0.39 is 0 Å². The second-order valence-corrected chi connectivity index (χ2v) is 9.94. The molecule has 4 heteroatoms. The number of hydrogen-bond acceptors (Lipinski definition) is 4. The molecule has 1 saturated carbocycles. The Bertz CT molecular complexity index is 904. The van der Waals surface area contributed by atoms with E-state index in [1.54, 1.807) is 18.2 Å². The van der Waals surface area contributed by atoms with Gasteiger partial charge in [-0.15, -0.1) is 0 Å². The molecule has 1 fully saturated rings. The van der Waals surface area contributed by atoms with Crippen molar-refractivity contribution in [3.05, 3.63) is 41.1 Å². The van der Waals surface area contributed by atoms with E-state index in [-0.39, 0.29) is 40.0 Å². The first kappa shape index (κ1) is 18.1. The van der Waals surface area contributed by atoms with Crippen molar-refractivity contribution < 1.29 is 14.7 Å². The Morgan fingerprint density at radius 3 is 2.37 bits per heavy atom. The summed E-state index contributed by atoms with van der Waals surface area (Å²) in [6.07, 6.45) is 2.48. The Labute approximate surface area is 160 Å². The first-order chi connectivity index (χ1) is 12.6. The fourth-order valence-electron chi connectivity index (χ4n) is 5.09. The molecule has 0 amide bonds. The predicted octanol–water partition coefficient (Wildman–Crippen LogP) is 4.58. The molecule has 4 rings (SSSR count). The molecule has 3 aliphatic rings. The van der Waals surface area contributed by atoms with Crippen LogP contribution in [-0.2, 0) is 9.59 Å². The molecule has 1 aromatic rings. The lowest BCUT2D eigenvalue weighted by Crippen LogP contribution is -2.45. The van der Waals surface area contributed by atoms with Crippen molar-refractivity contribution in [3.8, 4) is 5.75 Å². The lowest BCUT2D eigenvalue weighted by Gasteiger charge is -2.44. The molecule has 142 valence electrons. The molecule has 0 aromatic heterocycles. The number of ketones is 2. The maximum Gasteiger partial charge on any atom is 0.161 e. The van der Waals surface area contributed by atoms with Gasteiger partial charge in [0.2, 0.25) is 0 Å². The maximum atomic E-state index is 13.1. The van der Waals surface area contributed by atoms with Crippen LogP contribution in [0.4, 0.5) is 0 Å². The van der Waals surface area contributed by atoms with Gasteiger partial charge in [-0.2, -0.15) is 0 Å². The number of nitrogens with zero attached hydrogens (tertiary/aromatic N) is 1. The summed E-state index contributed by atoms with van der Waals surface area (Å²) in [7, 11) is 0. The van der Waals surface area contributed by atoms with E-state index in [1.807, 2.05) is 6.07 Å². The van der Waals surface area contributed by atoms with Gasteiger partial charge in [0.05, 0.1) is 5.92 Å². The van der Waals surface area contributed by atoms with Crippen LogP contribution in [-0.4, -0.2) is 22.4 Å². The van der Waals surface area contributed by atoms with E-state index in [4.69, 9.17) is 4.99 Å². The zero-order valence-electron chi connectivity index (χ0n) is 16.5. The highest BCUT2D eigenvalue weighted by Crippen LogP contribution is 2.51. The van der Waals surface area contributed by atoms with Crippen molar-refractivity contribution in [1.82, 2.24) is 0 Å². The van der Waals surface area contributed by atoms with Gasteiger partial charge in [-0.3, -0.25) is 14.6 Å². The van der Waals surface area contributed by atoms with Crippen molar-refractivity contribution in [1.29, 1.82) is 0 Å². The number of aliphatic imine (C=N–C) groups is 1. The summed E-state index contributed by atoms with van der Waals surface area (Å²) in [4.78, 5) is 31.2. The van der Waals surface area contributed by atoms with Gasteiger partial charge in [-0.1, -0.05) is 39.8 Å². The molecule has 2 atom stereocenters. The summed E-state index contributed by atoms with van der Waals surface area (Å²) in [5, 5.41) is 10.0. The normalized spacial score (nSPS) is 29.1. The number of hydrogen-bond donors (Lipinski definition) is 1. The number of phenolic OH excluding ortho intramolecular Hbond substituents is 1. The molecule has 4 nitrogen and oxygen atoms in total. The third-order valence-corrected chi connectivity index (χ3v) is 6.07. The van der Waals surface area contributed by atoms with Crippen LogP contribution < -0.4 is 0 Å². The molecule has 27 heavy (non-hydrogen) atoms. The van der Waals surface area contributed by atoms with Crippen LogP contribution in [0, 0.1) is 16.7 Å². The molecule has 1 heterocycles. The molecule has 2 aliphatic carbocycles. The van der Waals surface area contributed by atoms with Gasteiger partial charge >= 0.3 is 0 Å². The SMILES string of the molecule is CC1(C)CC(=O)C2C(=NC3=C(C(=O)CC(C)(C)C3)[C@H]2c2cccc(O)c2)C1. The lowest BCUT2D eigenvalue weighted by molar-refractivity contribution is -0.124. The Balaban J connectivity index is 1.92. The molecule has 0 radical (unpaired) electrons. The fraction of sp³-hybridized carbons (Fsp3) is 0.522. The Kier molecular flexibility index (Phi) is 3.95. The van der Waals surface area contributed by atoms with Crippen molar-refractivity contribution >= 4 is 17.3 Å². The molecule has 0 bridgehead atoms. The minimum absolute atomic E-state index is 0.0926. The number of carbonyl (C=O) groups is 2. The highest BCUT2D eigenvalue weighted by Gasteiger charge is 2.49. The third-order valence-electron chi connectivity index (χ3n) is 6.07. The van der Waals surface area contributed by atoms with Crippen molar-refractivity contribution in [2.45, 2.75) is 59.3 Å². The van der Waals surface area contributed by atoms with Crippen LogP contribution in [0.15, 0.2) is 40.5 Å². The standard InChI is InChI=1S/C23H27NO3/c1-22(2)9-15-20(17(26)11-22)19(13-6-5-7-14(25)8-13)21-16(24-15)10-23(3,4)12-18(21)27/h5-8,19-20,25H,9-12H2,1-4H3/t19-,20?/m0/s1. The summed E-state index contributed by atoms with van der Waals surface area (Å²) in [6, 6.07) is 7.01. The number of carbonyl (C=O) groups excluding carboxylic acids is 2. The minimum atomic E-state index is -0.385. The summed E-state index contributed by atoms with van der Waals surface area (Å²) in [5.41, 5.74) is 3.06. The maximum absolute atomic E-state index is 13.1. The highest BCUT2D eigenvalue weighted by atomic mass is 16.3. The van der Waals surface area contributed by atoms with Gasteiger partial charge in [-0.05, 0) is 41.4 Å². The first-order valence-corrected chi connectivity index (χ1v) is 9.72. The lowest BCUT2D eigenvalue weighted by atomic mass is 9.60. The molecule has 1 aliphatic heterocycles. The molecule has 0 spiro atoms. The number of Topliss-reactive ketones (excluding diaryl/α,β-unsaturated/α-hetero) is 2. The first-order valence-electron chi connectivity index (χ1n) is 9.72. The van der Waals surface area contributed by atoms with E-state index in [0.717, 1.165) is 29.8 Å². The quantitative estimate of drug-likeness (QED) is 0.792. The minimum Gasteiger partial charge on any atom is -0.508 e. The smallest absolute Gasteiger partial charge is 0.161 e. The van der Waals surface area contributed by atoms with Crippen molar-refractivity contribution in [3.63, 3.8) is 0 Å². The third kappa shape index (κ3) is 3.15. The summed E-state index contributed by atoms with van der Waals surface area (Å²) in [5.74, 6) is -0.307. The zero-order chi connectivity index (χ0) is 19.6. The largest absolute Gasteiger partial charge is 0.508 e. The topological polar surface area (TPSA) is 66.7 Å². The number of aromatic hydroxyl groups is 1. The van der Waals surface area contributed by atoms with E-state index in [0.29, 0.717) is 18.4 Å². The number of fused-ring (bicyclic) bond motifs is 1. The molecular formula is C23H27NO3. The number of phenols is 1.